The van der Waals surface area contributed by atoms with Crippen LogP contribution >= 0.6 is 0 Å². The highest BCUT2D eigenvalue weighted by molar-refractivity contribution is 7.89. The van der Waals surface area contributed by atoms with Gasteiger partial charge in [-0.1, -0.05) is 26.8 Å². The van der Waals surface area contributed by atoms with Gasteiger partial charge in [0.05, 0.1) is 19.9 Å². The van der Waals surface area contributed by atoms with Crippen LogP contribution in [-0.2, 0) is 22.0 Å². The average Bonchev–Trinajstić information content (AvgIpc) is 2.97. The standard InChI is InChI=1S/C17H23NO4S/c1-12-9-14(17(2,3)4)16(21-5)15(10-12)23(19,20)18-11-13-7-6-8-22-13/h6-10,18H,11H2,1-5H3. The molecule has 0 atom stereocenters. The van der Waals surface area contributed by atoms with Crippen LogP contribution in [0.5, 0.6) is 5.75 Å². The maximum atomic E-state index is 12.7. The molecule has 0 saturated carbocycles. The van der Waals surface area contributed by atoms with Gasteiger partial charge in [-0.2, -0.15) is 0 Å². The summed E-state index contributed by atoms with van der Waals surface area (Å²) in [7, 11) is -2.23. The molecule has 23 heavy (non-hydrogen) atoms. The van der Waals surface area contributed by atoms with Gasteiger partial charge in [0.1, 0.15) is 16.4 Å². The van der Waals surface area contributed by atoms with Crippen molar-refractivity contribution in [2.24, 2.45) is 0 Å². The minimum Gasteiger partial charge on any atom is -0.495 e. The van der Waals surface area contributed by atoms with Crippen molar-refractivity contribution in [2.75, 3.05) is 7.11 Å². The van der Waals surface area contributed by atoms with Crippen LogP contribution in [0.15, 0.2) is 39.8 Å². The molecule has 0 radical (unpaired) electrons. The topological polar surface area (TPSA) is 68.5 Å². The van der Waals surface area contributed by atoms with E-state index in [0.29, 0.717) is 11.5 Å². The fraction of sp³-hybridized carbons (Fsp3) is 0.412. The zero-order chi connectivity index (χ0) is 17.3. The van der Waals surface area contributed by atoms with Crippen molar-refractivity contribution in [3.05, 3.63) is 47.4 Å². The van der Waals surface area contributed by atoms with E-state index >= 15 is 0 Å². The molecule has 0 spiro atoms. The maximum absolute atomic E-state index is 12.7. The van der Waals surface area contributed by atoms with Crippen LogP contribution in [0.25, 0.3) is 0 Å². The van der Waals surface area contributed by atoms with Gasteiger partial charge in [-0.15, -0.1) is 0 Å². The van der Waals surface area contributed by atoms with Gasteiger partial charge in [0, 0.05) is 5.56 Å². The van der Waals surface area contributed by atoms with Gasteiger partial charge in [-0.3, -0.25) is 0 Å². The van der Waals surface area contributed by atoms with E-state index < -0.39 is 10.0 Å². The first-order valence-corrected chi connectivity index (χ1v) is 8.84. The Kier molecular flexibility index (Phi) is 4.87. The first-order chi connectivity index (χ1) is 10.6. The normalized spacial score (nSPS) is 12.4. The lowest BCUT2D eigenvalue weighted by Gasteiger charge is -2.24. The Morgan fingerprint density at radius 2 is 1.96 bits per heavy atom. The number of rotatable bonds is 5. The van der Waals surface area contributed by atoms with E-state index in [0.717, 1.165) is 11.1 Å². The molecular formula is C17H23NO4S. The molecule has 1 N–H and O–H groups in total. The number of benzene rings is 1. The Hall–Kier alpha value is -1.79. The molecule has 0 saturated heterocycles. The Balaban J connectivity index is 2.46. The molecular weight excluding hydrogens is 314 g/mol. The predicted molar refractivity (Wildman–Crippen MR) is 89.2 cm³/mol. The van der Waals surface area contributed by atoms with Crippen molar-refractivity contribution >= 4 is 10.0 Å². The zero-order valence-electron chi connectivity index (χ0n) is 14.1. The van der Waals surface area contributed by atoms with Gasteiger partial charge < -0.3 is 9.15 Å². The lowest BCUT2D eigenvalue weighted by atomic mass is 9.85. The molecule has 126 valence electrons. The molecule has 2 rings (SSSR count). The number of furan rings is 1. The summed E-state index contributed by atoms with van der Waals surface area (Å²) in [4.78, 5) is 0.150. The molecule has 5 nitrogen and oxygen atoms in total. The minimum absolute atomic E-state index is 0.0945. The van der Waals surface area contributed by atoms with E-state index in [4.69, 9.17) is 9.15 Å². The summed E-state index contributed by atoms with van der Waals surface area (Å²) in [6.45, 7) is 8.04. The van der Waals surface area contributed by atoms with Gasteiger partial charge in [0.15, 0.2) is 0 Å². The van der Waals surface area contributed by atoms with Crippen molar-refractivity contribution in [2.45, 2.75) is 44.6 Å². The fourth-order valence-electron chi connectivity index (χ4n) is 2.36. The second kappa shape index (κ2) is 6.37. The summed E-state index contributed by atoms with van der Waals surface area (Å²) >= 11 is 0. The van der Waals surface area contributed by atoms with E-state index in [1.54, 1.807) is 18.2 Å². The van der Waals surface area contributed by atoms with Crippen molar-refractivity contribution in [1.29, 1.82) is 0 Å². The van der Waals surface area contributed by atoms with Gasteiger partial charge in [0.2, 0.25) is 10.0 Å². The Morgan fingerprint density at radius 1 is 1.26 bits per heavy atom. The minimum atomic E-state index is -3.72. The third-order valence-electron chi connectivity index (χ3n) is 3.52. The van der Waals surface area contributed by atoms with Gasteiger partial charge in [-0.25, -0.2) is 13.1 Å². The smallest absolute Gasteiger partial charge is 0.244 e. The van der Waals surface area contributed by atoms with Gasteiger partial charge >= 0.3 is 0 Å². The molecule has 0 amide bonds. The molecule has 0 aliphatic rings. The third-order valence-corrected chi connectivity index (χ3v) is 4.92. The monoisotopic (exact) mass is 337 g/mol. The lowest BCUT2D eigenvalue weighted by Crippen LogP contribution is -2.25. The van der Waals surface area contributed by atoms with E-state index in [1.807, 2.05) is 33.8 Å². The quantitative estimate of drug-likeness (QED) is 0.908. The first-order valence-electron chi connectivity index (χ1n) is 7.36. The van der Waals surface area contributed by atoms with Gasteiger partial charge in [0.25, 0.3) is 0 Å². The lowest BCUT2D eigenvalue weighted by molar-refractivity contribution is 0.385. The molecule has 0 aliphatic carbocycles. The van der Waals surface area contributed by atoms with E-state index in [1.165, 1.54) is 13.4 Å². The number of nitrogens with one attached hydrogen (secondary N) is 1. The molecule has 0 bridgehead atoms. The number of methoxy groups -OCH3 is 1. The zero-order valence-corrected chi connectivity index (χ0v) is 15.0. The molecule has 1 aromatic heterocycles. The highest BCUT2D eigenvalue weighted by Gasteiger charge is 2.27. The number of hydrogen-bond acceptors (Lipinski definition) is 4. The van der Waals surface area contributed by atoms with Crippen LogP contribution in [0.2, 0.25) is 0 Å². The number of aryl methyl sites for hydroxylation is 1. The molecule has 1 heterocycles. The Morgan fingerprint density at radius 3 is 2.48 bits per heavy atom. The summed E-state index contributed by atoms with van der Waals surface area (Å²) in [5.41, 5.74) is 1.50. The van der Waals surface area contributed by atoms with Crippen molar-refractivity contribution < 1.29 is 17.6 Å². The van der Waals surface area contributed by atoms with E-state index in [-0.39, 0.29) is 16.9 Å². The van der Waals surface area contributed by atoms with Gasteiger partial charge in [-0.05, 0) is 36.1 Å². The highest BCUT2D eigenvalue weighted by Crippen LogP contribution is 2.37. The molecule has 1 aromatic carbocycles. The summed E-state index contributed by atoms with van der Waals surface area (Å²) in [6, 6.07) is 7.02. The molecule has 0 unspecified atom stereocenters. The van der Waals surface area contributed by atoms with E-state index in [2.05, 4.69) is 4.72 Å². The van der Waals surface area contributed by atoms with Crippen LogP contribution in [0.3, 0.4) is 0 Å². The van der Waals surface area contributed by atoms with Crippen molar-refractivity contribution in [1.82, 2.24) is 4.72 Å². The number of sulfonamides is 1. The highest BCUT2D eigenvalue weighted by atomic mass is 32.2. The molecule has 0 fully saturated rings. The van der Waals surface area contributed by atoms with Crippen LogP contribution in [0.1, 0.15) is 37.7 Å². The second-order valence-electron chi connectivity index (χ2n) is 6.50. The summed E-state index contributed by atoms with van der Waals surface area (Å²) in [5.74, 6) is 0.936. The molecule has 6 heteroatoms. The van der Waals surface area contributed by atoms with Crippen molar-refractivity contribution in [3.63, 3.8) is 0 Å². The van der Waals surface area contributed by atoms with E-state index in [9.17, 15) is 8.42 Å². The van der Waals surface area contributed by atoms with Crippen LogP contribution < -0.4 is 9.46 Å². The van der Waals surface area contributed by atoms with Crippen LogP contribution in [-0.4, -0.2) is 15.5 Å². The predicted octanol–water partition coefficient (Wildman–Crippen LogP) is 3.37. The SMILES string of the molecule is COc1c(C(C)(C)C)cc(C)cc1S(=O)(=O)NCc1ccco1. The number of hydrogen-bond donors (Lipinski definition) is 1. The van der Waals surface area contributed by atoms with Crippen LogP contribution in [0, 0.1) is 6.92 Å². The summed E-state index contributed by atoms with van der Waals surface area (Å²) in [6.07, 6.45) is 1.51. The third kappa shape index (κ3) is 3.95. The number of ether oxygens (including phenoxy) is 1. The first kappa shape index (κ1) is 17.6. The Bertz CT molecular complexity index is 772. The molecule has 0 aliphatic heterocycles. The fourth-order valence-corrected chi connectivity index (χ4v) is 3.63. The average molecular weight is 337 g/mol. The van der Waals surface area contributed by atoms with Crippen LogP contribution in [0.4, 0.5) is 0 Å². The Labute approximate surface area is 137 Å². The molecule has 2 aromatic rings. The van der Waals surface area contributed by atoms with Crippen molar-refractivity contribution in [3.8, 4) is 5.75 Å². The largest absolute Gasteiger partial charge is 0.495 e. The second-order valence-corrected chi connectivity index (χ2v) is 8.23. The summed E-state index contributed by atoms with van der Waals surface area (Å²) < 4.78 is 38.6. The maximum Gasteiger partial charge on any atom is 0.244 e. The summed E-state index contributed by atoms with van der Waals surface area (Å²) in [5, 5.41) is 0.